The number of anilines is 1. The van der Waals surface area contributed by atoms with Crippen molar-refractivity contribution in [3.63, 3.8) is 0 Å². The zero-order valence-electron chi connectivity index (χ0n) is 15.1. The quantitative estimate of drug-likeness (QED) is 0.623. The Hall–Kier alpha value is -2.10. The number of hydrogen-bond acceptors (Lipinski definition) is 8. The van der Waals surface area contributed by atoms with E-state index in [0.29, 0.717) is 22.7 Å². The van der Waals surface area contributed by atoms with Crippen molar-refractivity contribution in [3.8, 4) is 5.75 Å². The number of aromatic nitrogens is 2. The number of halogens is 1. The summed E-state index contributed by atoms with van der Waals surface area (Å²) in [6.07, 6.45) is 4.73. The van der Waals surface area contributed by atoms with E-state index in [-0.39, 0.29) is 6.61 Å². The second-order valence-electron chi connectivity index (χ2n) is 6.24. The van der Waals surface area contributed by atoms with Gasteiger partial charge < -0.3 is 19.2 Å². The first-order chi connectivity index (χ1) is 13.7. The van der Waals surface area contributed by atoms with Gasteiger partial charge in [0.15, 0.2) is 10.7 Å². The number of nitrogens with zero attached hydrogens (tertiary/aromatic N) is 3. The lowest BCUT2D eigenvalue weighted by atomic mass is 10.3. The highest BCUT2D eigenvalue weighted by Gasteiger charge is 2.14. The SMILES string of the molecule is OCC(CF)Oc1ccc2nc(C=Cc3cnc(N4CCSCC4)s3)oc2c1. The molecule has 1 unspecified atom stereocenters. The first-order valence-electron chi connectivity index (χ1n) is 8.96. The molecule has 0 bridgehead atoms. The summed E-state index contributed by atoms with van der Waals surface area (Å²) < 4.78 is 23.8. The molecular formula is C19H20FN3O3S2. The van der Waals surface area contributed by atoms with Gasteiger partial charge in [0.1, 0.15) is 24.0 Å². The Balaban J connectivity index is 1.46. The average Bonchev–Trinajstić information content (AvgIpc) is 3.37. The van der Waals surface area contributed by atoms with E-state index in [0.717, 1.165) is 34.6 Å². The van der Waals surface area contributed by atoms with Crippen molar-refractivity contribution in [2.24, 2.45) is 0 Å². The summed E-state index contributed by atoms with van der Waals surface area (Å²) in [7, 11) is 0. The van der Waals surface area contributed by atoms with Crippen LogP contribution in [-0.2, 0) is 0 Å². The summed E-state index contributed by atoms with van der Waals surface area (Å²) in [5, 5.41) is 10.1. The van der Waals surface area contributed by atoms with Gasteiger partial charge in [-0.3, -0.25) is 0 Å². The van der Waals surface area contributed by atoms with Crippen LogP contribution in [0.3, 0.4) is 0 Å². The Morgan fingerprint density at radius 1 is 1.32 bits per heavy atom. The Bertz CT molecular complexity index is 949. The molecule has 0 spiro atoms. The predicted molar refractivity (Wildman–Crippen MR) is 112 cm³/mol. The highest BCUT2D eigenvalue weighted by molar-refractivity contribution is 7.99. The second-order valence-corrected chi connectivity index (χ2v) is 8.50. The minimum Gasteiger partial charge on any atom is -0.485 e. The van der Waals surface area contributed by atoms with E-state index >= 15 is 0 Å². The van der Waals surface area contributed by atoms with Gasteiger partial charge in [0.2, 0.25) is 5.89 Å². The lowest BCUT2D eigenvalue weighted by Crippen LogP contribution is -2.32. The van der Waals surface area contributed by atoms with Crippen LogP contribution < -0.4 is 9.64 Å². The summed E-state index contributed by atoms with van der Waals surface area (Å²) in [6.45, 7) is 0.935. The fourth-order valence-corrected chi connectivity index (χ4v) is 4.56. The Morgan fingerprint density at radius 2 is 2.18 bits per heavy atom. The Labute approximate surface area is 170 Å². The van der Waals surface area contributed by atoms with Crippen LogP contribution in [0.4, 0.5) is 9.52 Å². The van der Waals surface area contributed by atoms with Crippen molar-refractivity contribution in [1.29, 1.82) is 0 Å². The molecule has 4 rings (SSSR count). The molecule has 6 nitrogen and oxygen atoms in total. The third kappa shape index (κ3) is 4.48. The zero-order chi connectivity index (χ0) is 19.3. The number of thioether (sulfide) groups is 1. The van der Waals surface area contributed by atoms with Crippen molar-refractivity contribution in [2.75, 3.05) is 42.8 Å². The molecule has 1 aliphatic heterocycles. The molecule has 0 aliphatic carbocycles. The monoisotopic (exact) mass is 421 g/mol. The second kappa shape index (κ2) is 8.93. The maximum absolute atomic E-state index is 12.7. The molecule has 1 atom stereocenters. The minimum absolute atomic E-state index is 0.383. The van der Waals surface area contributed by atoms with Gasteiger partial charge in [-0.1, -0.05) is 11.3 Å². The van der Waals surface area contributed by atoms with Crippen LogP contribution >= 0.6 is 23.1 Å². The first kappa shape index (κ1) is 19.2. The molecule has 1 aliphatic rings. The number of hydrogen-bond donors (Lipinski definition) is 1. The van der Waals surface area contributed by atoms with Crippen molar-refractivity contribution in [1.82, 2.24) is 9.97 Å². The molecule has 3 aromatic rings. The molecule has 1 N–H and O–H groups in total. The number of aliphatic hydroxyl groups excluding tert-OH is 1. The van der Waals surface area contributed by atoms with E-state index in [9.17, 15) is 4.39 Å². The normalized spacial score (nSPS) is 16.1. The van der Waals surface area contributed by atoms with E-state index in [1.807, 2.05) is 30.1 Å². The molecule has 0 saturated carbocycles. The Morgan fingerprint density at radius 3 is 2.96 bits per heavy atom. The van der Waals surface area contributed by atoms with E-state index in [2.05, 4.69) is 14.9 Å². The largest absolute Gasteiger partial charge is 0.485 e. The molecular weight excluding hydrogens is 401 g/mol. The topological polar surface area (TPSA) is 71.6 Å². The molecule has 3 heterocycles. The fourth-order valence-electron chi connectivity index (χ4n) is 2.79. The molecule has 9 heteroatoms. The van der Waals surface area contributed by atoms with Crippen molar-refractivity contribution >= 4 is 51.5 Å². The van der Waals surface area contributed by atoms with Crippen molar-refractivity contribution < 1.29 is 18.7 Å². The third-order valence-corrected chi connectivity index (χ3v) is 6.20. The van der Waals surface area contributed by atoms with Gasteiger partial charge in [0.25, 0.3) is 0 Å². The van der Waals surface area contributed by atoms with Crippen LogP contribution in [0.25, 0.3) is 23.3 Å². The Kier molecular flexibility index (Phi) is 6.13. The number of rotatable bonds is 7. The third-order valence-electron chi connectivity index (χ3n) is 4.24. The summed E-state index contributed by atoms with van der Waals surface area (Å²) in [6, 6.07) is 5.08. The minimum atomic E-state index is -0.876. The standard InChI is InChI=1S/C19H20FN3O3S2/c20-10-14(12-24)25-13-1-3-16-17(9-13)26-18(22-16)4-2-15-11-21-19(28-15)23-5-7-27-8-6-23/h1-4,9,11,14,24H,5-8,10,12H2. The van der Waals surface area contributed by atoms with Crippen LogP contribution in [0.2, 0.25) is 0 Å². The highest BCUT2D eigenvalue weighted by atomic mass is 32.2. The van der Waals surface area contributed by atoms with E-state index < -0.39 is 12.8 Å². The van der Waals surface area contributed by atoms with Crippen LogP contribution in [0.15, 0.2) is 28.8 Å². The molecule has 1 aromatic carbocycles. The molecule has 148 valence electrons. The number of thiazole rings is 1. The lowest BCUT2D eigenvalue weighted by Gasteiger charge is -2.25. The van der Waals surface area contributed by atoms with Gasteiger partial charge in [-0.15, -0.1) is 0 Å². The first-order valence-corrected chi connectivity index (χ1v) is 10.9. The molecule has 0 amide bonds. The lowest BCUT2D eigenvalue weighted by molar-refractivity contribution is 0.0932. The van der Waals surface area contributed by atoms with Crippen LogP contribution in [-0.4, -0.2) is 59.1 Å². The molecule has 0 radical (unpaired) electrons. The number of oxazole rings is 1. The van der Waals surface area contributed by atoms with Gasteiger partial charge in [0.05, 0.1) is 6.61 Å². The highest BCUT2D eigenvalue weighted by Crippen LogP contribution is 2.27. The van der Waals surface area contributed by atoms with Crippen LogP contribution in [0.1, 0.15) is 10.8 Å². The molecule has 1 saturated heterocycles. The summed E-state index contributed by atoms with van der Waals surface area (Å²) in [4.78, 5) is 12.3. The molecule has 28 heavy (non-hydrogen) atoms. The van der Waals surface area contributed by atoms with Crippen molar-refractivity contribution in [2.45, 2.75) is 6.10 Å². The maximum atomic E-state index is 12.7. The number of benzene rings is 1. The number of fused-ring (bicyclic) bond motifs is 1. The predicted octanol–water partition coefficient (Wildman–Crippen LogP) is 3.72. The smallest absolute Gasteiger partial charge is 0.220 e. The van der Waals surface area contributed by atoms with Crippen LogP contribution in [0.5, 0.6) is 5.75 Å². The number of alkyl halides is 1. The van der Waals surface area contributed by atoms with Gasteiger partial charge in [0, 0.05) is 47.8 Å². The van der Waals surface area contributed by atoms with Gasteiger partial charge in [-0.25, -0.2) is 14.4 Å². The van der Waals surface area contributed by atoms with Gasteiger partial charge >= 0.3 is 0 Å². The summed E-state index contributed by atoms with van der Waals surface area (Å²) in [5.41, 5.74) is 1.23. The van der Waals surface area contributed by atoms with Gasteiger partial charge in [-0.05, 0) is 18.2 Å². The summed E-state index contributed by atoms with van der Waals surface area (Å²) in [5.74, 6) is 3.19. The van der Waals surface area contributed by atoms with Crippen molar-refractivity contribution in [3.05, 3.63) is 35.2 Å². The summed E-state index contributed by atoms with van der Waals surface area (Å²) >= 11 is 3.63. The van der Waals surface area contributed by atoms with E-state index in [4.69, 9.17) is 14.3 Å². The van der Waals surface area contributed by atoms with E-state index in [1.54, 1.807) is 29.5 Å². The zero-order valence-corrected chi connectivity index (χ0v) is 16.7. The fraction of sp³-hybridized carbons (Fsp3) is 0.368. The average molecular weight is 422 g/mol. The van der Waals surface area contributed by atoms with Crippen LogP contribution in [0, 0.1) is 0 Å². The number of ether oxygens (including phenoxy) is 1. The maximum Gasteiger partial charge on any atom is 0.220 e. The molecule has 1 fully saturated rings. The molecule has 2 aromatic heterocycles. The van der Waals surface area contributed by atoms with Gasteiger partial charge in [-0.2, -0.15) is 11.8 Å². The number of aliphatic hydroxyl groups is 1. The van der Waals surface area contributed by atoms with E-state index in [1.165, 1.54) is 0 Å².